The zero-order valence-corrected chi connectivity index (χ0v) is 9.76. The van der Waals surface area contributed by atoms with Crippen molar-refractivity contribution in [3.05, 3.63) is 24.0 Å². The molecule has 0 amide bonds. The number of aliphatic hydroxyl groups is 2. The molecular weight excluding hydrogens is 204 g/mol. The Morgan fingerprint density at radius 3 is 2.75 bits per heavy atom. The van der Waals surface area contributed by atoms with E-state index in [2.05, 4.69) is 16.8 Å². The number of aromatic nitrogens is 1. The van der Waals surface area contributed by atoms with E-state index in [4.69, 9.17) is 5.11 Å². The maximum atomic E-state index is 9.24. The summed E-state index contributed by atoms with van der Waals surface area (Å²) >= 11 is 0. The van der Waals surface area contributed by atoms with E-state index in [0.29, 0.717) is 6.54 Å². The van der Waals surface area contributed by atoms with Crippen LogP contribution in [-0.2, 0) is 6.61 Å². The summed E-state index contributed by atoms with van der Waals surface area (Å²) in [6.07, 6.45) is 5.60. The van der Waals surface area contributed by atoms with Crippen molar-refractivity contribution in [3.63, 3.8) is 0 Å². The van der Waals surface area contributed by atoms with Crippen molar-refractivity contribution in [1.29, 1.82) is 0 Å². The summed E-state index contributed by atoms with van der Waals surface area (Å²) in [4.78, 5) is 6.14. The Labute approximate surface area is 96.6 Å². The van der Waals surface area contributed by atoms with Gasteiger partial charge in [-0.15, -0.1) is 0 Å². The van der Waals surface area contributed by atoms with Crippen LogP contribution in [0.4, 0.5) is 5.69 Å². The highest BCUT2D eigenvalue weighted by atomic mass is 16.3. The second-order valence-corrected chi connectivity index (χ2v) is 3.73. The molecule has 0 bridgehead atoms. The topological polar surface area (TPSA) is 56.6 Å². The van der Waals surface area contributed by atoms with Crippen LogP contribution in [0.5, 0.6) is 0 Å². The van der Waals surface area contributed by atoms with Gasteiger partial charge in [0.1, 0.15) is 0 Å². The van der Waals surface area contributed by atoms with E-state index in [1.54, 1.807) is 12.4 Å². The summed E-state index contributed by atoms with van der Waals surface area (Å²) in [5.74, 6) is 0. The van der Waals surface area contributed by atoms with Gasteiger partial charge in [0, 0.05) is 24.8 Å². The molecule has 0 saturated heterocycles. The summed E-state index contributed by atoms with van der Waals surface area (Å²) in [6.45, 7) is 3.72. The minimum Gasteiger partial charge on any atom is -0.395 e. The van der Waals surface area contributed by atoms with E-state index in [1.807, 2.05) is 6.07 Å². The molecule has 1 aromatic rings. The lowest BCUT2D eigenvalue weighted by atomic mass is 10.2. The average molecular weight is 224 g/mol. The van der Waals surface area contributed by atoms with Gasteiger partial charge in [-0.25, -0.2) is 0 Å². The van der Waals surface area contributed by atoms with Gasteiger partial charge in [-0.1, -0.05) is 13.3 Å². The van der Waals surface area contributed by atoms with Crippen molar-refractivity contribution in [2.45, 2.75) is 26.4 Å². The molecule has 0 saturated carbocycles. The van der Waals surface area contributed by atoms with Crippen molar-refractivity contribution >= 4 is 5.69 Å². The smallest absolute Gasteiger partial charge is 0.0703 e. The quantitative estimate of drug-likeness (QED) is 0.730. The minimum atomic E-state index is 0.00586. The first-order valence-electron chi connectivity index (χ1n) is 5.73. The van der Waals surface area contributed by atoms with Crippen LogP contribution >= 0.6 is 0 Å². The molecular formula is C12H20N2O2. The summed E-state index contributed by atoms with van der Waals surface area (Å²) in [5.41, 5.74) is 1.78. The predicted octanol–water partition coefficient (Wildman–Crippen LogP) is 1.17. The fourth-order valence-electron chi connectivity index (χ4n) is 1.66. The van der Waals surface area contributed by atoms with Crippen LogP contribution in [0, 0.1) is 0 Å². The zero-order valence-electron chi connectivity index (χ0n) is 9.76. The molecule has 1 rings (SSSR count). The zero-order chi connectivity index (χ0) is 11.8. The van der Waals surface area contributed by atoms with Crippen molar-refractivity contribution in [2.24, 2.45) is 0 Å². The highest BCUT2D eigenvalue weighted by Gasteiger charge is 2.09. The van der Waals surface area contributed by atoms with Crippen LogP contribution in [-0.4, -0.2) is 34.9 Å². The van der Waals surface area contributed by atoms with Crippen molar-refractivity contribution in [2.75, 3.05) is 24.6 Å². The van der Waals surface area contributed by atoms with Gasteiger partial charge in [-0.05, 0) is 12.5 Å². The first-order valence-corrected chi connectivity index (χ1v) is 5.73. The van der Waals surface area contributed by atoms with Gasteiger partial charge in [0.15, 0.2) is 0 Å². The first kappa shape index (κ1) is 12.9. The molecule has 0 fully saturated rings. The molecule has 0 radical (unpaired) electrons. The van der Waals surface area contributed by atoms with Crippen LogP contribution in [0.3, 0.4) is 0 Å². The van der Waals surface area contributed by atoms with Crippen LogP contribution in [0.1, 0.15) is 25.3 Å². The third kappa shape index (κ3) is 3.47. The second kappa shape index (κ2) is 7.19. The molecule has 0 aliphatic rings. The highest BCUT2D eigenvalue weighted by Crippen LogP contribution is 2.19. The first-order chi connectivity index (χ1) is 7.83. The summed E-state index contributed by atoms with van der Waals surface area (Å²) in [5, 5.41) is 18.3. The molecule has 4 heteroatoms. The Morgan fingerprint density at radius 1 is 1.31 bits per heavy atom. The fourth-order valence-corrected chi connectivity index (χ4v) is 1.66. The van der Waals surface area contributed by atoms with Gasteiger partial charge in [0.05, 0.1) is 25.1 Å². The number of hydrogen-bond acceptors (Lipinski definition) is 4. The summed E-state index contributed by atoms with van der Waals surface area (Å²) in [6, 6.07) is 1.81. The number of nitrogens with zero attached hydrogens (tertiary/aromatic N) is 2. The molecule has 0 unspecified atom stereocenters. The predicted molar refractivity (Wildman–Crippen MR) is 64.4 cm³/mol. The molecule has 4 nitrogen and oxygen atoms in total. The molecule has 0 aliphatic carbocycles. The standard InChI is InChI=1S/C12H20N2O2/c1-2-3-6-14(7-8-15)12-9-13-5-4-11(12)10-16/h4-5,9,15-16H,2-3,6-8,10H2,1H3. The molecule has 2 N–H and O–H groups in total. The van der Waals surface area contributed by atoms with Gasteiger partial charge in [0.2, 0.25) is 0 Å². The van der Waals surface area contributed by atoms with Crippen LogP contribution < -0.4 is 4.90 Å². The molecule has 0 atom stereocenters. The van der Waals surface area contributed by atoms with E-state index >= 15 is 0 Å². The fraction of sp³-hybridized carbons (Fsp3) is 0.583. The van der Waals surface area contributed by atoms with Gasteiger partial charge in [0.25, 0.3) is 0 Å². The van der Waals surface area contributed by atoms with Crippen LogP contribution in [0.25, 0.3) is 0 Å². The summed E-state index contributed by atoms with van der Waals surface area (Å²) in [7, 11) is 0. The van der Waals surface area contributed by atoms with E-state index < -0.39 is 0 Å². The van der Waals surface area contributed by atoms with E-state index in [0.717, 1.165) is 30.6 Å². The van der Waals surface area contributed by atoms with Crippen molar-refractivity contribution in [1.82, 2.24) is 4.98 Å². The van der Waals surface area contributed by atoms with E-state index in [-0.39, 0.29) is 13.2 Å². The van der Waals surface area contributed by atoms with Crippen molar-refractivity contribution in [3.8, 4) is 0 Å². The minimum absolute atomic E-state index is 0.00586. The number of unbranched alkanes of at least 4 members (excludes halogenated alkanes) is 1. The molecule has 0 aromatic carbocycles. The maximum absolute atomic E-state index is 9.24. The maximum Gasteiger partial charge on any atom is 0.0703 e. The van der Waals surface area contributed by atoms with Gasteiger partial charge in [-0.3, -0.25) is 4.98 Å². The number of anilines is 1. The van der Waals surface area contributed by atoms with Crippen LogP contribution in [0.15, 0.2) is 18.5 Å². The number of hydrogen-bond donors (Lipinski definition) is 2. The molecule has 90 valence electrons. The molecule has 16 heavy (non-hydrogen) atoms. The van der Waals surface area contributed by atoms with E-state index in [9.17, 15) is 5.11 Å². The Morgan fingerprint density at radius 2 is 2.12 bits per heavy atom. The monoisotopic (exact) mass is 224 g/mol. The Bertz CT molecular complexity index is 305. The molecule has 0 aliphatic heterocycles. The van der Waals surface area contributed by atoms with Gasteiger partial charge in [-0.2, -0.15) is 0 Å². The lowest BCUT2D eigenvalue weighted by Crippen LogP contribution is -2.28. The largest absolute Gasteiger partial charge is 0.395 e. The Kier molecular flexibility index (Phi) is 5.82. The number of pyridine rings is 1. The average Bonchev–Trinajstić information content (AvgIpc) is 2.34. The normalized spacial score (nSPS) is 10.4. The van der Waals surface area contributed by atoms with Crippen molar-refractivity contribution < 1.29 is 10.2 Å². The third-order valence-electron chi connectivity index (χ3n) is 2.55. The number of rotatable bonds is 7. The highest BCUT2D eigenvalue weighted by molar-refractivity contribution is 5.51. The Balaban J connectivity index is 2.81. The molecule has 1 heterocycles. The lowest BCUT2D eigenvalue weighted by molar-refractivity contribution is 0.280. The summed E-state index contributed by atoms with van der Waals surface area (Å²) < 4.78 is 0. The molecule has 0 spiro atoms. The SMILES string of the molecule is CCCCN(CCO)c1cnccc1CO. The van der Waals surface area contributed by atoms with Gasteiger partial charge < -0.3 is 15.1 Å². The molecule has 1 aromatic heterocycles. The van der Waals surface area contributed by atoms with Crippen LogP contribution in [0.2, 0.25) is 0 Å². The van der Waals surface area contributed by atoms with E-state index in [1.165, 1.54) is 0 Å². The lowest BCUT2D eigenvalue weighted by Gasteiger charge is -2.25. The van der Waals surface area contributed by atoms with Gasteiger partial charge >= 0.3 is 0 Å². The number of aliphatic hydroxyl groups excluding tert-OH is 2. The second-order valence-electron chi connectivity index (χ2n) is 3.73. The third-order valence-corrected chi connectivity index (χ3v) is 2.55. The Hall–Kier alpha value is -1.13.